The van der Waals surface area contributed by atoms with Gasteiger partial charge < -0.3 is 4.42 Å². The van der Waals surface area contributed by atoms with Gasteiger partial charge in [-0.1, -0.05) is 66.0 Å². The van der Waals surface area contributed by atoms with Crippen LogP contribution in [0.1, 0.15) is 39.3 Å². The highest BCUT2D eigenvalue weighted by atomic mass is 127. The third-order valence-electron chi connectivity index (χ3n) is 2.78. The van der Waals surface area contributed by atoms with E-state index in [-0.39, 0.29) is 6.84 Å². The molecule has 2 aromatic rings. The molecule has 0 fully saturated rings. The second-order valence-electron chi connectivity index (χ2n) is 5.71. The lowest BCUT2D eigenvalue weighted by Gasteiger charge is -2.13. The third-order valence-corrected chi connectivity index (χ3v) is 3.70. The number of nitrogens with zero attached hydrogens (tertiary/aromatic N) is 3. The highest BCUT2D eigenvalue weighted by Crippen LogP contribution is 2.39. The molecular formula is C13H17I2N3O. The molecule has 0 N–H and O–H groups in total. The van der Waals surface area contributed by atoms with Crippen LogP contribution in [-0.2, 0) is 13.9 Å². The fourth-order valence-electron chi connectivity index (χ4n) is 1.66. The van der Waals surface area contributed by atoms with Crippen LogP contribution in [0.3, 0.4) is 0 Å². The Balaban J connectivity index is 2.43. The molecule has 0 aromatic carbocycles. The van der Waals surface area contributed by atoms with Gasteiger partial charge in [-0.2, -0.15) is 5.10 Å². The summed E-state index contributed by atoms with van der Waals surface area (Å²) in [5, 5.41) is 4.55. The Bertz CT molecular complexity index is 588. The van der Waals surface area contributed by atoms with Crippen molar-refractivity contribution in [2.45, 2.75) is 34.5 Å². The van der Waals surface area contributed by atoms with Crippen molar-refractivity contribution >= 4 is 45.2 Å². The predicted molar refractivity (Wildman–Crippen MR) is 92.8 cm³/mol. The lowest BCUT2D eigenvalue weighted by molar-refractivity contribution is 0.505. The van der Waals surface area contributed by atoms with Crippen LogP contribution in [0.25, 0.3) is 11.5 Å². The van der Waals surface area contributed by atoms with Gasteiger partial charge in [0.2, 0.25) is 5.89 Å². The van der Waals surface area contributed by atoms with Gasteiger partial charge in [-0.3, -0.25) is 4.68 Å². The van der Waals surface area contributed by atoms with Crippen molar-refractivity contribution in [2.24, 2.45) is 7.05 Å². The van der Waals surface area contributed by atoms with Crippen LogP contribution in [0.2, 0.25) is 0 Å². The first-order chi connectivity index (χ1) is 8.59. The molecular weight excluding hydrogens is 468 g/mol. The summed E-state index contributed by atoms with van der Waals surface area (Å²) < 4.78 is 7.56. The fourth-order valence-corrected chi connectivity index (χ4v) is 2.16. The predicted octanol–water partition coefficient (Wildman–Crippen LogP) is 4.42. The highest BCUT2D eigenvalue weighted by Gasteiger charge is 2.26. The first-order valence-corrected chi connectivity index (χ1v) is 8.14. The van der Waals surface area contributed by atoms with E-state index in [9.17, 15) is 0 Å². The van der Waals surface area contributed by atoms with E-state index in [1.165, 1.54) is 0 Å². The number of aryl methyl sites for hydroxylation is 1. The maximum absolute atomic E-state index is 5.85. The van der Waals surface area contributed by atoms with Crippen LogP contribution in [0.15, 0.2) is 16.7 Å². The van der Waals surface area contributed by atoms with Crippen molar-refractivity contribution in [3.63, 3.8) is 0 Å². The van der Waals surface area contributed by atoms with Gasteiger partial charge in [0.05, 0.1) is 11.9 Å². The molecule has 0 aliphatic carbocycles. The molecule has 0 amide bonds. The second kappa shape index (κ2) is 5.01. The van der Waals surface area contributed by atoms with E-state index in [0.29, 0.717) is 0 Å². The van der Waals surface area contributed by atoms with Gasteiger partial charge in [-0.25, -0.2) is 4.98 Å². The standard InChI is InChI=1S/C13H17I2N3O/c1-12(2,3)10-6-8(18(5)17-10)9-7-16-11(19-9)13(4,14)15/h6-7H,1-5H3. The number of aromatic nitrogens is 3. The minimum Gasteiger partial charge on any atom is -0.437 e. The monoisotopic (exact) mass is 485 g/mol. The molecule has 19 heavy (non-hydrogen) atoms. The zero-order valence-corrected chi connectivity index (χ0v) is 16.0. The molecule has 0 saturated heterocycles. The SMILES string of the molecule is Cn1nc(C(C)(C)C)cc1-c1cnc(C(C)(I)I)o1. The summed E-state index contributed by atoms with van der Waals surface area (Å²) in [6.07, 6.45) is 1.77. The van der Waals surface area contributed by atoms with Gasteiger partial charge >= 0.3 is 0 Å². The number of hydrogen-bond acceptors (Lipinski definition) is 3. The number of alkyl halides is 2. The average Bonchev–Trinajstić information content (AvgIpc) is 2.80. The number of rotatable bonds is 2. The largest absolute Gasteiger partial charge is 0.437 e. The zero-order chi connectivity index (χ0) is 14.4. The van der Waals surface area contributed by atoms with Crippen molar-refractivity contribution in [1.29, 1.82) is 0 Å². The van der Waals surface area contributed by atoms with Crippen molar-refractivity contribution in [2.75, 3.05) is 0 Å². The molecule has 2 rings (SSSR count). The zero-order valence-electron chi connectivity index (χ0n) is 11.7. The number of hydrogen-bond donors (Lipinski definition) is 0. The van der Waals surface area contributed by atoms with Crippen molar-refractivity contribution in [1.82, 2.24) is 14.8 Å². The Morgan fingerprint density at radius 2 is 1.84 bits per heavy atom. The summed E-state index contributed by atoms with van der Waals surface area (Å²) in [6, 6.07) is 2.07. The van der Waals surface area contributed by atoms with Crippen LogP contribution >= 0.6 is 45.2 Å². The number of halogens is 2. The maximum Gasteiger partial charge on any atom is 0.220 e. The summed E-state index contributed by atoms with van der Waals surface area (Å²) in [4.78, 5) is 4.35. The molecule has 2 aromatic heterocycles. The molecule has 2 heterocycles. The smallest absolute Gasteiger partial charge is 0.220 e. The van der Waals surface area contributed by atoms with Crippen LogP contribution in [0.4, 0.5) is 0 Å². The number of oxazole rings is 1. The molecule has 0 spiro atoms. The summed E-state index contributed by atoms with van der Waals surface area (Å²) in [7, 11) is 1.93. The van der Waals surface area contributed by atoms with Gasteiger partial charge in [0, 0.05) is 12.5 Å². The molecule has 104 valence electrons. The van der Waals surface area contributed by atoms with E-state index in [1.807, 2.05) is 11.7 Å². The van der Waals surface area contributed by atoms with Gasteiger partial charge in [0.15, 0.2) is 5.76 Å². The van der Waals surface area contributed by atoms with Crippen LogP contribution < -0.4 is 0 Å². The Labute approximate surface area is 140 Å². The molecule has 0 bridgehead atoms. The molecule has 0 aliphatic rings. The Morgan fingerprint density at radius 1 is 1.21 bits per heavy atom. The summed E-state index contributed by atoms with van der Waals surface area (Å²) in [5.41, 5.74) is 2.04. The molecule has 0 unspecified atom stereocenters. The van der Waals surface area contributed by atoms with E-state index >= 15 is 0 Å². The first-order valence-electron chi connectivity index (χ1n) is 5.98. The Kier molecular flexibility index (Phi) is 4.03. The summed E-state index contributed by atoms with van der Waals surface area (Å²) >= 11 is 4.62. The molecule has 0 aliphatic heterocycles. The molecule has 0 atom stereocenters. The van der Waals surface area contributed by atoms with Crippen LogP contribution in [0, 0.1) is 0 Å². The quantitative estimate of drug-likeness (QED) is 0.468. The summed E-state index contributed by atoms with van der Waals surface area (Å²) in [5.74, 6) is 1.49. The van der Waals surface area contributed by atoms with Crippen LogP contribution in [-0.4, -0.2) is 14.8 Å². The van der Waals surface area contributed by atoms with Gasteiger partial charge in [0.25, 0.3) is 0 Å². The normalized spacial score (nSPS) is 13.0. The van der Waals surface area contributed by atoms with Crippen molar-refractivity contribution in [3.05, 3.63) is 23.8 Å². The Morgan fingerprint density at radius 3 is 2.26 bits per heavy atom. The fraction of sp³-hybridized carbons (Fsp3) is 0.538. The minimum atomic E-state index is -0.140. The third kappa shape index (κ3) is 3.32. The van der Waals surface area contributed by atoms with Gasteiger partial charge in [-0.15, -0.1) is 0 Å². The lowest BCUT2D eigenvalue weighted by Crippen LogP contribution is -2.12. The first kappa shape index (κ1) is 15.3. The van der Waals surface area contributed by atoms with Crippen LogP contribution in [0.5, 0.6) is 0 Å². The second-order valence-corrected chi connectivity index (χ2v) is 12.1. The van der Waals surface area contributed by atoms with E-state index in [1.54, 1.807) is 6.20 Å². The van der Waals surface area contributed by atoms with E-state index in [2.05, 4.69) is 89.0 Å². The van der Waals surface area contributed by atoms with Crippen molar-refractivity contribution in [3.8, 4) is 11.5 Å². The molecule has 0 radical (unpaired) electrons. The van der Waals surface area contributed by atoms with E-state index in [4.69, 9.17) is 4.42 Å². The van der Waals surface area contributed by atoms with E-state index < -0.39 is 0 Å². The van der Waals surface area contributed by atoms with Crippen molar-refractivity contribution < 1.29 is 4.42 Å². The molecule has 0 saturated carbocycles. The molecule has 6 heteroatoms. The average molecular weight is 485 g/mol. The lowest BCUT2D eigenvalue weighted by atomic mass is 9.92. The topological polar surface area (TPSA) is 43.9 Å². The minimum absolute atomic E-state index is 0.0277. The van der Waals surface area contributed by atoms with Gasteiger partial charge in [0.1, 0.15) is 7.12 Å². The van der Waals surface area contributed by atoms with E-state index in [0.717, 1.165) is 23.0 Å². The summed E-state index contributed by atoms with van der Waals surface area (Å²) in [6.45, 7) is 8.51. The maximum atomic E-state index is 5.85. The van der Waals surface area contributed by atoms with Gasteiger partial charge in [-0.05, 0) is 13.0 Å². The molecule has 4 nitrogen and oxygen atoms in total. The Hall–Kier alpha value is -0.120. The highest BCUT2D eigenvalue weighted by molar-refractivity contribution is 14.2.